The fourth-order valence-corrected chi connectivity index (χ4v) is 5.93. The van der Waals surface area contributed by atoms with Crippen LogP contribution < -0.4 is 15.8 Å². The van der Waals surface area contributed by atoms with Crippen molar-refractivity contribution < 1.29 is 37.4 Å². The summed E-state index contributed by atoms with van der Waals surface area (Å²) in [6.07, 6.45) is -0.420. The van der Waals surface area contributed by atoms with Crippen LogP contribution in [0.4, 0.5) is 4.79 Å². The number of nitrogens with one attached hydrogen (secondary N) is 1. The number of hydrogen-bond donors (Lipinski definition) is 3. The number of nitrogens with two attached hydrogens (primary N) is 1. The van der Waals surface area contributed by atoms with Crippen LogP contribution in [-0.4, -0.2) is 92.2 Å². The predicted octanol–water partition coefficient (Wildman–Crippen LogP) is 2.10. The molecule has 1 saturated heterocycles. The van der Waals surface area contributed by atoms with Crippen molar-refractivity contribution in [3.63, 3.8) is 0 Å². The SMILES string of the molecule is COc1ccc(S(=O)(=O)N(CCC(=O)N2CCC(CNC(=O)OC(C)(C)C)CC2)CCC(C)(C)C(O)C(N)=O)cc1. The first-order valence-corrected chi connectivity index (χ1v) is 15.3. The van der Waals surface area contributed by atoms with Crippen LogP contribution in [-0.2, 0) is 24.3 Å². The van der Waals surface area contributed by atoms with Gasteiger partial charge in [-0.2, -0.15) is 4.31 Å². The summed E-state index contributed by atoms with van der Waals surface area (Å²) in [5.41, 5.74) is 3.71. The van der Waals surface area contributed by atoms with E-state index in [0.29, 0.717) is 38.2 Å². The maximum Gasteiger partial charge on any atom is 0.407 e. The third kappa shape index (κ3) is 10.5. The highest BCUT2D eigenvalue weighted by atomic mass is 32.2. The third-order valence-corrected chi connectivity index (χ3v) is 9.10. The van der Waals surface area contributed by atoms with E-state index in [9.17, 15) is 27.9 Å². The van der Waals surface area contributed by atoms with Crippen molar-refractivity contribution in [3.8, 4) is 5.75 Å². The number of aliphatic hydroxyl groups is 1. The summed E-state index contributed by atoms with van der Waals surface area (Å²) in [5, 5.41) is 13.0. The Bertz CT molecular complexity index is 1140. The lowest BCUT2D eigenvalue weighted by atomic mass is 9.82. The number of aliphatic hydroxyl groups excluding tert-OH is 1. The highest BCUT2D eigenvalue weighted by molar-refractivity contribution is 7.89. The Hall–Kier alpha value is -2.90. The molecule has 0 bridgehead atoms. The molecule has 0 spiro atoms. The molecule has 1 atom stereocenters. The molecule has 1 aliphatic heterocycles. The number of rotatable bonds is 13. The molecule has 1 aliphatic rings. The second-order valence-electron chi connectivity index (χ2n) is 12.1. The van der Waals surface area contributed by atoms with Gasteiger partial charge in [0.1, 0.15) is 17.5 Å². The van der Waals surface area contributed by atoms with E-state index in [1.807, 2.05) is 0 Å². The Morgan fingerprint density at radius 3 is 2.20 bits per heavy atom. The number of likely N-dealkylation sites (tertiary alicyclic amines) is 1. The van der Waals surface area contributed by atoms with E-state index < -0.39 is 39.1 Å². The van der Waals surface area contributed by atoms with Crippen molar-refractivity contribution in [1.29, 1.82) is 0 Å². The number of benzene rings is 1. The number of piperidine rings is 1. The van der Waals surface area contributed by atoms with E-state index in [1.54, 1.807) is 51.7 Å². The van der Waals surface area contributed by atoms with E-state index in [4.69, 9.17) is 15.2 Å². The van der Waals surface area contributed by atoms with Gasteiger partial charge in [0.15, 0.2) is 0 Å². The second kappa shape index (κ2) is 14.3. The Kier molecular flexibility index (Phi) is 12.0. The molecule has 41 heavy (non-hydrogen) atoms. The molecule has 13 heteroatoms. The largest absolute Gasteiger partial charge is 0.497 e. The lowest BCUT2D eigenvalue weighted by Gasteiger charge is -2.33. The van der Waals surface area contributed by atoms with E-state index in [1.165, 1.54) is 23.5 Å². The number of carbonyl (C=O) groups is 3. The van der Waals surface area contributed by atoms with Crippen molar-refractivity contribution in [3.05, 3.63) is 24.3 Å². The summed E-state index contributed by atoms with van der Waals surface area (Å²) in [4.78, 5) is 38.3. The minimum absolute atomic E-state index is 0.0304. The molecule has 1 heterocycles. The number of alkyl carbamates (subject to hydrolysis) is 1. The molecular formula is C28H46N4O8S. The average molecular weight is 599 g/mol. The number of methoxy groups -OCH3 is 1. The summed E-state index contributed by atoms with van der Waals surface area (Å²) in [6.45, 7) is 10.0. The second-order valence-corrected chi connectivity index (χ2v) is 14.0. The van der Waals surface area contributed by atoms with Crippen molar-refractivity contribution in [1.82, 2.24) is 14.5 Å². The Balaban J connectivity index is 2.03. The molecule has 12 nitrogen and oxygen atoms in total. The number of hydrogen-bond acceptors (Lipinski definition) is 8. The summed E-state index contributed by atoms with van der Waals surface area (Å²) in [6, 6.07) is 5.95. The number of amides is 3. The highest BCUT2D eigenvalue weighted by Gasteiger charge is 2.35. The van der Waals surface area contributed by atoms with Crippen LogP contribution in [0, 0.1) is 11.3 Å². The van der Waals surface area contributed by atoms with Crippen LogP contribution in [0.5, 0.6) is 5.75 Å². The molecule has 1 aromatic rings. The van der Waals surface area contributed by atoms with E-state index >= 15 is 0 Å². The predicted molar refractivity (Wildman–Crippen MR) is 154 cm³/mol. The summed E-state index contributed by atoms with van der Waals surface area (Å²) in [5.74, 6) is -0.354. The zero-order valence-electron chi connectivity index (χ0n) is 25.0. The number of sulfonamides is 1. The van der Waals surface area contributed by atoms with Gasteiger partial charge in [0.05, 0.1) is 12.0 Å². The number of primary amides is 1. The standard InChI is InChI=1S/C28H46N4O8S/c1-27(2,3)40-26(36)30-19-20-11-15-31(16-12-20)23(33)13-17-32(18-14-28(4,5)24(34)25(29)35)41(37,38)22-9-7-21(39-6)8-10-22/h7-10,20,24,34H,11-19H2,1-6H3,(H2,29,35)(H,30,36). The lowest BCUT2D eigenvalue weighted by molar-refractivity contribution is -0.132. The van der Waals surface area contributed by atoms with Crippen LogP contribution >= 0.6 is 0 Å². The first-order valence-electron chi connectivity index (χ1n) is 13.8. The first kappa shape index (κ1) is 34.3. The van der Waals surface area contributed by atoms with Crippen LogP contribution in [0.2, 0.25) is 0 Å². The van der Waals surface area contributed by atoms with Gasteiger partial charge in [-0.25, -0.2) is 13.2 Å². The number of nitrogens with zero attached hydrogens (tertiary/aromatic N) is 2. The maximum absolute atomic E-state index is 13.6. The van der Waals surface area contributed by atoms with Crippen LogP contribution in [0.25, 0.3) is 0 Å². The van der Waals surface area contributed by atoms with Gasteiger partial charge in [0.25, 0.3) is 0 Å². The fourth-order valence-electron chi connectivity index (χ4n) is 4.49. The Labute approximate surface area is 243 Å². The molecule has 1 aromatic carbocycles. The van der Waals surface area contributed by atoms with Crippen molar-refractivity contribution >= 4 is 27.9 Å². The minimum atomic E-state index is -4.00. The molecule has 4 N–H and O–H groups in total. The van der Waals surface area contributed by atoms with Crippen LogP contribution in [0.3, 0.4) is 0 Å². The topological polar surface area (TPSA) is 169 Å². The smallest absolute Gasteiger partial charge is 0.407 e. The number of carbonyl (C=O) groups excluding carboxylic acids is 3. The van der Waals surface area contributed by atoms with E-state index in [2.05, 4.69) is 5.32 Å². The Morgan fingerprint density at radius 1 is 1.10 bits per heavy atom. The van der Waals surface area contributed by atoms with Gasteiger partial charge in [0, 0.05) is 44.6 Å². The van der Waals surface area contributed by atoms with Gasteiger partial charge < -0.3 is 30.5 Å². The molecule has 3 amide bonds. The van der Waals surface area contributed by atoms with E-state index in [-0.39, 0.29) is 42.7 Å². The minimum Gasteiger partial charge on any atom is -0.497 e. The Morgan fingerprint density at radius 2 is 1.68 bits per heavy atom. The third-order valence-electron chi connectivity index (χ3n) is 7.19. The van der Waals surface area contributed by atoms with Gasteiger partial charge in [-0.05, 0) is 70.2 Å². The molecule has 1 fully saturated rings. The molecule has 0 saturated carbocycles. The summed E-state index contributed by atoms with van der Waals surface area (Å²) < 4.78 is 38.7. The summed E-state index contributed by atoms with van der Waals surface area (Å²) >= 11 is 0. The lowest BCUT2D eigenvalue weighted by Crippen LogP contribution is -2.45. The monoisotopic (exact) mass is 598 g/mol. The average Bonchev–Trinajstić information content (AvgIpc) is 2.90. The van der Waals surface area contributed by atoms with Crippen molar-refractivity contribution in [2.75, 3.05) is 39.8 Å². The van der Waals surface area contributed by atoms with Crippen molar-refractivity contribution in [2.24, 2.45) is 17.1 Å². The van der Waals surface area contributed by atoms with Crippen molar-refractivity contribution in [2.45, 2.75) is 76.9 Å². The maximum atomic E-state index is 13.6. The molecule has 1 unspecified atom stereocenters. The van der Waals surface area contributed by atoms with Crippen LogP contribution in [0.15, 0.2) is 29.2 Å². The van der Waals surface area contributed by atoms with E-state index in [0.717, 1.165) is 0 Å². The molecule has 2 rings (SSSR count). The quantitative estimate of drug-likeness (QED) is 0.310. The molecule has 0 aliphatic carbocycles. The molecule has 0 radical (unpaired) electrons. The van der Waals surface area contributed by atoms with Gasteiger partial charge in [-0.3, -0.25) is 9.59 Å². The highest BCUT2D eigenvalue weighted by Crippen LogP contribution is 2.28. The fraction of sp³-hybridized carbons (Fsp3) is 0.679. The van der Waals surface area contributed by atoms with Crippen LogP contribution in [0.1, 0.15) is 60.3 Å². The van der Waals surface area contributed by atoms with Gasteiger partial charge in [0.2, 0.25) is 21.8 Å². The first-order chi connectivity index (χ1) is 19.0. The van der Waals surface area contributed by atoms with Gasteiger partial charge in [-0.1, -0.05) is 13.8 Å². The zero-order chi connectivity index (χ0) is 31.0. The molecule has 232 valence electrons. The summed E-state index contributed by atoms with van der Waals surface area (Å²) in [7, 11) is -2.52. The zero-order valence-corrected chi connectivity index (χ0v) is 25.8. The molecular weight excluding hydrogens is 552 g/mol. The normalized spacial score (nSPS) is 15.9. The molecule has 0 aromatic heterocycles. The number of ether oxygens (including phenoxy) is 2. The van der Waals surface area contributed by atoms with Gasteiger partial charge in [-0.15, -0.1) is 0 Å². The van der Waals surface area contributed by atoms with Gasteiger partial charge >= 0.3 is 6.09 Å².